The van der Waals surface area contributed by atoms with Crippen molar-refractivity contribution in [1.29, 1.82) is 0 Å². The van der Waals surface area contributed by atoms with Crippen molar-refractivity contribution in [2.75, 3.05) is 20.7 Å². The Labute approximate surface area is 102 Å². The van der Waals surface area contributed by atoms with Crippen LogP contribution in [0, 0.1) is 19.9 Å². The standard InChI is InChI=1S/C12H18N3O2/c1-9-8-10(2)14-12(13-9)17-7-5-6-11(16)15(3)4/h5-7H2,1-4H3. The van der Waals surface area contributed by atoms with Crippen molar-refractivity contribution in [2.24, 2.45) is 0 Å². The summed E-state index contributed by atoms with van der Waals surface area (Å²) in [6.07, 6.45) is 1.14. The Morgan fingerprint density at radius 1 is 1.29 bits per heavy atom. The largest absolute Gasteiger partial charge is 0.463 e. The molecule has 17 heavy (non-hydrogen) atoms. The average Bonchev–Trinajstić information content (AvgIpc) is 2.22. The second-order valence-electron chi connectivity index (χ2n) is 4.04. The number of ether oxygens (including phenoxy) is 1. The Bertz CT molecular complexity index is 371. The lowest BCUT2D eigenvalue weighted by Gasteiger charge is -2.10. The minimum Gasteiger partial charge on any atom is -0.463 e. The maximum atomic E-state index is 11.3. The van der Waals surface area contributed by atoms with Gasteiger partial charge in [0.15, 0.2) is 0 Å². The molecule has 93 valence electrons. The fourth-order valence-electron chi connectivity index (χ4n) is 1.30. The first-order chi connectivity index (χ1) is 7.99. The zero-order valence-electron chi connectivity index (χ0n) is 10.8. The summed E-state index contributed by atoms with van der Waals surface area (Å²) in [6, 6.07) is 3.33. The number of nitrogens with zero attached hydrogens (tertiary/aromatic N) is 3. The summed E-state index contributed by atoms with van der Waals surface area (Å²) in [5, 5.41) is 0. The molecule has 0 aliphatic heterocycles. The van der Waals surface area contributed by atoms with Crippen LogP contribution >= 0.6 is 0 Å². The first-order valence-corrected chi connectivity index (χ1v) is 5.56. The normalized spacial score (nSPS) is 10.1. The van der Waals surface area contributed by atoms with Gasteiger partial charge < -0.3 is 9.64 Å². The first kappa shape index (κ1) is 13.4. The summed E-state index contributed by atoms with van der Waals surface area (Å²) < 4.78 is 5.38. The first-order valence-electron chi connectivity index (χ1n) is 5.56. The van der Waals surface area contributed by atoms with E-state index in [1.807, 2.05) is 13.8 Å². The molecule has 0 aromatic carbocycles. The van der Waals surface area contributed by atoms with Crippen LogP contribution in [0.25, 0.3) is 0 Å². The molecule has 0 atom stereocenters. The molecule has 0 N–H and O–H groups in total. The minimum absolute atomic E-state index is 0.100. The van der Waals surface area contributed by atoms with Crippen LogP contribution in [0.15, 0.2) is 0 Å². The van der Waals surface area contributed by atoms with Gasteiger partial charge in [-0.05, 0) is 20.3 Å². The molecule has 5 nitrogen and oxygen atoms in total. The van der Waals surface area contributed by atoms with Gasteiger partial charge in [0.25, 0.3) is 0 Å². The van der Waals surface area contributed by atoms with Gasteiger partial charge in [-0.1, -0.05) is 0 Å². The van der Waals surface area contributed by atoms with Gasteiger partial charge in [-0.2, -0.15) is 9.97 Å². The Morgan fingerprint density at radius 2 is 1.88 bits per heavy atom. The van der Waals surface area contributed by atoms with Crippen LogP contribution in [-0.2, 0) is 4.79 Å². The fourth-order valence-corrected chi connectivity index (χ4v) is 1.30. The molecule has 0 unspecified atom stereocenters. The topological polar surface area (TPSA) is 55.3 Å². The maximum Gasteiger partial charge on any atom is 0.316 e. The van der Waals surface area contributed by atoms with Crippen LogP contribution in [0.5, 0.6) is 6.01 Å². The van der Waals surface area contributed by atoms with E-state index < -0.39 is 0 Å². The molecular weight excluding hydrogens is 218 g/mol. The predicted molar refractivity (Wildman–Crippen MR) is 63.8 cm³/mol. The number of aromatic nitrogens is 2. The highest BCUT2D eigenvalue weighted by Crippen LogP contribution is 2.06. The van der Waals surface area contributed by atoms with Crippen molar-refractivity contribution >= 4 is 5.91 Å². The molecule has 0 bridgehead atoms. The SMILES string of the molecule is Cc1[c]c(C)nc(OCCCC(=O)N(C)C)n1. The van der Waals surface area contributed by atoms with E-state index in [-0.39, 0.29) is 5.91 Å². The summed E-state index contributed by atoms with van der Waals surface area (Å²) in [4.78, 5) is 21.1. The quantitative estimate of drug-likeness (QED) is 0.719. The van der Waals surface area contributed by atoms with E-state index in [1.54, 1.807) is 19.0 Å². The fraction of sp³-hybridized carbons (Fsp3) is 0.583. The van der Waals surface area contributed by atoms with Gasteiger partial charge >= 0.3 is 6.01 Å². The van der Waals surface area contributed by atoms with E-state index in [2.05, 4.69) is 16.0 Å². The average molecular weight is 236 g/mol. The van der Waals surface area contributed by atoms with Crippen LogP contribution in [0.2, 0.25) is 0 Å². The van der Waals surface area contributed by atoms with Crippen LogP contribution < -0.4 is 4.74 Å². The number of hydrogen-bond donors (Lipinski definition) is 0. The van der Waals surface area contributed by atoms with E-state index in [1.165, 1.54) is 0 Å². The van der Waals surface area contributed by atoms with Gasteiger partial charge in [0.1, 0.15) is 0 Å². The summed E-state index contributed by atoms with van der Waals surface area (Å²) in [7, 11) is 3.48. The zero-order chi connectivity index (χ0) is 12.8. The third-order valence-electron chi connectivity index (χ3n) is 2.15. The van der Waals surface area contributed by atoms with Crippen LogP contribution in [0.4, 0.5) is 0 Å². The van der Waals surface area contributed by atoms with E-state index in [4.69, 9.17) is 4.74 Å². The zero-order valence-corrected chi connectivity index (χ0v) is 10.8. The van der Waals surface area contributed by atoms with Crippen molar-refractivity contribution in [2.45, 2.75) is 26.7 Å². The van der Waals surface area contributed by atoms with E-state index in [0.717, 1.165) is 11.4 Å². The Balaban J connectivity index is 2.33. The Morgan fingerprint density at radius 3 is 2.41 bits per heavy atom. The predicted octanol–water partition coefficient (Wildman–Crippen LogP) is 1.14. The number of amides is 1. The lowest BCUT2D eigenvalue weighted by atomic mass is 10.3. The smallest absolute Gasteiger partial charge is 0.316 e. The van der Waals surface area contributed by atoms with E-state index in [9.17, 15) is 4.79 Å². The molecule has 5 heteroatoms. The van der Waals surface area contributed by atoms with Crippen molar-refractivity contribution in [3.8, 4) is 6.01 Å². The van der Waals surface area contributed by atoms with Crippen LogP contribution in [-0.4, -0.2) is 41.5 Å². The highest BCUT2D eigenvalue weighted by atomic mass is 16.5. The number of carbonyl (C=O) groups is 1. The third kappa shape index (κ3) is 4.80. The van der Waals surface area contributed by atoms with E-state index in [0.29, 0.717) is 25.5 Å². The highest BCUT2D eigenvalue weighted by molar-refractivity contribution is 5.75. The number of aryl methyl sites for hydroxylation is 2. The number of rotatable bonds is 5. The van der Waals surface area contributed by atoms with Gasteiger partial charge in [0.05, 0.1) is 18.0 Å². The van der Waals surface area contributed by atoms with Crippen molar-refractivity contribution < 1.29 is 9.53 Å². The van der Waals surface area contributed by atoms with Crippen molar-refractivity contribution in [1.82, 2.24) is 14.9 Å². The molecule has 0 spiro atoms. The lowest BCUT2D eigenvalue weighted by molar-refractivity contribution is -0.128. The molecular formula is C12H18N3O2. The second kappa shape index (κ2) is 6.18. The van der Waals surface area contributed by atoms with Gasteiger partial charge in [-0.15, -0.1) is 0 Å². The minimum atomic E-state index is 0.100. The second-order valence-corrected chi connectivity index (χ2v) is 4.04. The third-order valence-corrected chi connectivity index (χ3v) is 2.15. The number of carbonyl (C=O) groups excluding carboxylic acids is 1. The summed E-state index contributed by atoms with van der Waals surface area (Å²) >= 11 is 0. The Hall–Kier alpha value is -1.65. The molecule has 0 aliphatic rings. The molecule has 0 saturated carbocycles. The molecule has 1 radical (unpaired) electrons. The van der Waals surface area contributed by atoms with Gasteiger partial charge in [0.2, 0.25) is 5.91 Å². The molecule has 0 aliphatic carbocycles. The summed E-state index contributed by atoms with van der Waals surface area (Å²) in [6.45, 7) is 4.14. The Kier molecular flexibility index (Phi) is 4.87. The lowest BCUT2D eigenvalue weighted by Crippen LogP contribution is -2.21. The number of hydrogen-bond acceptors (Lipinski definition) is 4. The van der Waals surface area contributed by atoms with Gasteiger partial charge in [-0.3, -0.25) is 4.79 Å². The molecule has 1 rings (SSSR count). The monoisotopic (exact) mass is 236 g/mol. The molecule has 1 aromatic rings. The summed E-state index contributed by atoms with van der Waals surface area (Å²) in [5.74, 6) is 0.100. The van der Waals surface area contributed by atoms with Crippen molar-refractivity contribution in [3.63, 3.8) is 0 Å². The van der Waals surface area contributed by atoms with Crippen LogP contribution in [0.3, 0.4) is 0 Å². The molecule has 0 fully saturated rings. The molecule has 1 heterocycles. The van der Waals surface area contributed by atoms with Crippen molar-refractivity contribution in [3.05, 3.63) is 17.5 Å². The maximum absolute atomic E-state index is 11.3. The van der Waals surface area contributed by atoms with Crippen LogP contribution in [0.1, 0.15) is 24.2 Å². The van der Waals surface area contributed by atoms with Gasteiger partial charge in [-0.25, -0.2) is 0 Å². The summed E-state index contributed by atoms with van der Waals surface area (Å²) in [5.41, 5.74) is 1.52. The molecule has 1 amide bonds. The van der Waals surface area contributed by atoms with Gasteiger partial charge in [0, 0.05) is 26.6 Å². The molecule has 1 aromatic heterocycles. The highest BCUT2D eigenvalue weighted by Gasteiger charge is 2.04. The van der Waals surface area contributed by atoms with E-state index >= 15 is 0 Å². The molecule has 0 saturated heterocycles.